The van der Waals surface area contributed by atoms with Gasteiger partial charge in [0.1, 0.15) is 0 Å². The first-order valence-corrected chi connectivity index (χ1v) is 8.06. The van der Waals surface area contributed by atoms with E-state index in [4.69, 9.17) is 4.74 Å². The molecule has 1 aromatic carbocycles. The van der Waals surface area contributed by atoms with Crippen molar-refractivity contribution in [3.8, 4) is 0 Å². The maximum atomic E-state index is 5.27. The van der Waals surface area contributed by atoms with E-state index in [0.29, 0.717) is 12.0 Å². The maximum Gasteiger partial charge on any atom is 0.0488 e. The molecule has 0 radical (unpaired) electrons. The molecule has 0 aliphatic heterocycles. The lowest BCUT2D eigenvalue weighted by Gasteiger charge is -2.22. The average molecular weight is 275 g/mol. The molecule has 1 aromatic rings. The molecule has 2 heteroatoms. The lowest BCUT2D eigenvalue weighted by atomic mass is 9.95. The van der Waals surface area contributed by atoms with Gasteiger partial charge in [0.15, 0.2) is 0 Å². The van der Waals surface area contributed by atoms with Crippen molar-refractivity contribution in [1.29, 1.82) is 0 Å². The third-order valence-corrected chi connectivity index (χ3v) is 4.28. The number of likely N-dealkylation sites (N-methyl/N-ethyl adjacent to an activating group) is 1. The van der Waals surface area contributed by atoms with Gasteiger partial charge in [-0.3, -0.25) is 0 Å². The first-order valence-electron chi connectivity index (χ1n) is 8.06. The molecule has 0 amide bonds. The molecule has 1 aliphatic rings. The van der Waals surface area contributed by atoms with Crippen molar-refractivity contribution < 1.29 is 4.74 Å². The Kier molecular flexibility index (Phi) is 6.06. The van der Waals surface area contributed by atoms with Gasteiger partial charge in [-0.25, -0.2) is 0 Å². The number of hydrogen-bond acceptors (Lipinski definition) is 2. The van der Waals surface area contributed by atoms with Gasteiger partial charge in [-0.15, -0.1) is 0 Å². The highest BCUT2D eigenvalue weighted by molar-refractivity contribution is 5.35. The van der Waals surface area contributed by atoms with Gasteiger partial charge in [-0.2, -0.15) is 0 Å². The number of nitrogens with one attached hydrogen (secondary N) is 1. The van der Waals surface area contributed by atoms with Crippen molar-refractivity contribution in [2.45, 2.75) is 52.0 Å². The van der Waals surface area contributed by atoms with Crippen LogP contribution in [-0.4, -0.2) is 26.3 Å². The van der Waals surface area contributed by atoms with Crippen LogP contribution < -0.4 is 5.32 Å². The minimum absolute atomic E-state index is 0.560. The first kappa shape index (κ1) is 15.5. The third-order valence-electron chi connectivity index (χ3n) is 4.28. The van der Waals surface area contributed by atoms with E-state index in [1.54, 1.807) is 18.2 Å². The molecule has 1 aliphatic carbocycles. The summed E-state index contributed by atoms with van der Waals surface area (Å²) in [6.07, 6.45) is 6.19. The summed E-state index contributed by atoms with van der Waals surface area (Å²) in [4.78, 5) is 0. The van der Waals surface area contributed by atoms with Gasteiger partial charge in [0.05, 0.1) is 0 Å². The molecule has 0 spiro atoms. The predicted octanol–water partition coefficient (Wildman–Crippen LogP) is 3.37. The summed E-state index contributed by atoms with van der Waals surface area (Å²) in [5.74, 6) is 0.610. The molecule has 0 bridgehead atoms. The van der Waals surface area contributed by atoms with Crippen LogP contribution in [0.3, 0.4) is 0 Å². The summed E-state index contributed by atoms with van der Waals surface area (Å²) in [6.45, 7) is 6.36. The number of hydrogen-bond donors (Lipinski definition) is 1. The van der Waals surface area contributed by atoms with Crippen molar-refractivity contribution in [2.75, 3.05) is 20.3 Å². The minimum atomic E-state index is 0.560. The lowest BCUT2D eigenvalue weighted by molar-refractivity contribution is 0.149. The van der Waals surface area contributed by atoms with E-state index in [-0.39, 0.29) is 0 Å². The van der Waals surface area contributed by atoms with Crippen LogP contribution in [0.4, 0.5) is 0 Å². The van der Waals surface area contributed by atoms with E-state index in [1.165, 1.54) is 31.2 Å². The highest BCUT2D eigenvalue weighted by atomic mass is 16.5. The zero-order valence-corrected chi connectivity index (χ0v) is 13.2. The molecule has 20 heavy (non-hydrogen) atoms. The van der Waals surface area contributed by atoms with Gasteiger partial charge < -0.3 is 10.1 Å². The van der Waals surface area contributed by atoms with Crippen LogP contribution in [0.25, 0.3) is 0 Å². The van der Waals surface area contributed by atoms with E-state index in [0.717, 1.165) is 19.6 Å². The Hall–Kier alpha value is -0.860. The largest absolute Gasteiger partial charge is 0.384 e. The smallest absolute Gasteiger partial charge is 0.0488 e. The molecular weight excluding hydrogens is 246 g/mol. The molecule has 1 N–H and O–H groups in total. The lowest BCUT2D eigenvalue weighted by Crippen LogP contribution is -2.33. The van der Waals surface area contributed by atoms with Gasteiger partial charge in [-0.05, 0) is 61.3 Å². The average Bonchev–Trinajstić information content (AvgIpc) is 2.86. The molecule has 0 fully saturated rings. The summed E-state index contributed by atoms with van der Waals surface area (Å²) in [6, 6.07) is 7.67. The highest BCUT2D eigenvalue weighted by Crippen LogP contribution is 2.24. The van der Waals surface area contributed by atoms with Crippen molar-refractivity contribution in [3.05, 3.63) is 34.9 Å². The summed E-state index contributed by atoms with van der Waals surface area (Å²) >= 11 is 0. The van der Waals surface area contributed by atoms with Crippen molar-refractivity contribution in [2.24, 2.45) is 5.92 Å². The SMILES string of the molecule is CCNC(Cc1ccc2c(c1)CCC2)CC(C)COC. The standard InChI is InChI=1S/C18H29NO/c1-4-19-18(10-14(2)13-20-3)12-15-8-9-16-6-5-7-17(16)11-15/h8-9,11,14,18-19H,4-7,10,12-13H2,1-3H3. The number of ether oxygens (including phenoxy) is 1. The number of rotatable bonds is 8. The van der Waals surface area contributed by atoms with Gasteiger partial charge in [0, 0.05) is 19.8 Å². The van der Waals surface area contributed by atoms with Crippen LogP contribution in [0.15, 0.2) is 18.2 Å². The van der Waals surface area contributed by atoms with E-state index >= 15 is 0 Å². The quantitative estimate of drug-likeness (QED) is 0.785. The van der Waals surface area contributed by atoms with Gasteiger partial charge in [-0.1, -0.05) is 32.0 Å². The molecule has 2 atom stereocenters. The van der Waals surface area contributed by atoms with Gasteiger partial charge in [0.25, 0.3) is 0 Å². The molecule has 0 aromatic heterocycles. The van der Waals surface area contributed by atoms with Crippen molar-refractivity contribution >= 4 is 0 Å². The number of benzene rings is 1. The first-order chi connectivity index (χ1) is 9.72. The van der Waals surface area contributed by atoms with Crippen LogP contribution in [0, 0.1) is 5.92 Å². The Morgan fingerprint density at radius 1 is 1.25 bits per heavy atom. The topological polar surface area (TPSA) is 21.3 Å². The highest BCUT2D eigenvalue weighted by Gasteiger charge is 2.15. The normalized spacial score (nSPS) is 16.9. The summed E-state index contributed by atoms with van der Waals surface area (Å²) in [5, 5.41) is 3.63. The fourth-order valence-electron chi connectivity index (χ4n) is 3.40. The molecule has 0 saturated carbocycles. The van der Waals surface area contributed by atoms with Gasteiger partial charge >= 0.3 is 0 Å². The zero-order valence-electron chi connectivity index (χ0n) is 13.2. The Labute approximate surface area is 123 Å². The van der Waals surface area contributed by atoms with E-state index in [9.17, 15) is 0 Å². The van der Waals surface area contributed by atoms with E-state index < -0.39 is 0 Å². The Balaban J connectivity index is 1.96. The molecule has 2 nitrogen and oxygen atoms in total. The molecule has 0 saturated heterocycles. The number of fused-ring (bicyclic) bond motifs is 1. The van der Waals surface area contributed by atoms with Crippen molar-refractivity contribution in [1.82, 2.24) is 5.32 Å². The van der Waals surface area contributed by atoms with Crippen LogP contribution in [0.2, 0.25) is 0 Å². The molecule has 2 unspecified atom stereocenters. The second kappa shape index (κ2) is 7.80. The van der Waals surface area contributed by atoms with Crippen LogP contribution in [0.5, 0.6) is 0 Å². The molecule has 0 heterocycles. The summed E-state index contributed by atoms with van der Waals surface area (Å²) < 4.78 is 5.27. The molecule has 2 rings (SSSR count). The number of aryl methyl sites for hydroxylation is 2. The second-order valence-corrected chi connectivity index (χ2v) is 6.21. The molecular formula is C18H29NO. The summed E-state index contributed by atoms with van der Waals surface area (Å²) in [5.41, 5.74) is 4.64. The zero-order chi connectivity index (χ0) is 14.4. The fourth-order valence-corrected chi connectivity index (χ4v) is 3.40. The number of methoxy groups -OCH3 is 1. The minimum Gasteiger partial charge on any atom is -0.384 e. The second-order valence-electron chi connectivity index (χ2n) is 6.21. The van der Waals surface area contributed by atoms with E-state index in [2.05, 4.69) is 37.4 Å². The van der Waals surface area contributed by atoms with Crippen LogP contribution in [0.1, 0.15) is 43.4 Å². The Bertz CT molecular complexity index is 416. The summed E-state index contributed by atoms with van der Waals surface area (Å²) in [7, 11) is 1.79. The fraction of sp³-hybridized carbons (Fsp3) is 0.667. The van der Waals surface area contributed by atoms with Crippen LogP contribution >= 0.6 is 0 Å². The predicted molar refractivity (Wildman–Crippen MR) is 85.3 cm³/mol. The van der Waals surface area contributed by atoms with Crippen molar-refractivity contribution in [3.63, 3.8) is 0 Å². The van der Waals surface area contributed by atoms with E-state index in [1.807, 2.05) is 0 Å². The third kappa shape index (κ3) is 4.32. The molecule has 112 valence electrons. The maximum absolute atomic E-state index is 5.27. The van der Waals surface area contributed by atoms with Gasteiger partial charge in [0.2, 0.25) is 0 Å². The van der Waals surface area contributed by atoms with Crippen LogP contribution in [-0.2, 0) is 24.0 Å². The Morgan fingerprint density at radius 2 is 2.05 bits per heavy atom. The Morgan fingerprint density at radius 3 is 2.80 bits per heavy atom. The monoisotopic (exact) mass is 275 g/mol.